The SMILES string of the molecule is Cc1ccc2nc(C)c(C)c(C(=O)NCCc3csc(N)n3)c2c1. The van der Waals surface area contributed by atoms with Crippen LogP contribution in [0.3, 0.4) is 0 Å². The monoisotopic (exact) mass is 340 g/mol. The fourth-order valence-electron chi connectivity index (χ4n) is 2.72. The van der Waals surface area contributed by atoms with Crippen molar-refractivity contribution in [2.45, 2.75) is 27.2 Å². The minimum Gasteiger partial charge on any atom is -0.375 e. The molecule has 0 radical (unpaired) electrons. The number of nitrogen functional groups attached to an aromatic ring is 1. The summed E-state index contributed by atoms with van der Waals surface area (Å²) in [6.45, 7) is 6.42. The molecule has 3 N–H and O–H groups in total. The maximum atomic E-state index is 12.8. The van der Waals surface area contributed by atoms with Crippen LogP contribution in [-0.2, 0) is 6.42 Å². The van der Waals surface area contributed by atoms with Crippen molar-refractivity contribution in [2.24, 2.45) is 0 Å². The highest BCUT2D eigenvalue weighted by Crippen LogP contribution is 2.24. The topological polar surface area (TPSA) is 80.9 Å². The summed E-state index contributed by atoms with van der Waals surface area (Å²) < 4.78 is 0. The average Bonchev–Trinajstić information content (AvgIpc) is 2.94. The second-order valence-corrected chi connectivity index (χ2v) is 6.79. The summed E-state index contributed by atoms with van der Waals surface area (Å²) in [7, 11) is 0. The predicted octanol–water partition coefficient (Wildman–Crippen LogP) is 3.17. The summed E-state index contributed by atoms with van der Waals surface area (Å²) >= 11 is 1.41. The molecule has 5 nitrogen and oxygen atoms in total. The first-order valence-electron chi connectivity index (χ1n) is 7.81. The number of nitrogens with one attached hydrogen (secondary N) is 1. The van der Waals surface area contributed by atoms with Gasteiger partial charge in [-0.25, -0.2) is 4.98 Å². The van der Waals surface area contributed by atoms with E-state index >= 15 is 0 Å². The number of anilines is 1. The van der Waals surface area contributed by atoms with Crippen LogP contribution in [0.25, 0.3) is 10.9 Å². The molecule has 0 aliphatic carbocycles. The maximum absolute atomic E-state index is 12.8. The number of aryl methyl sites for hydroxylation is 2. The fraction of sp³-hybridized carbons (Fsp3) is 0.278. The van der Waals surface area contributed by atoms with E-state index in [1.54, 1.807) is 0 Å². The van der Waals surface area contributed by atoms with E-state index in [1.165, 1.54) is 11.3 Å². The summed E-state index contributed by atoms with van der Waals surface area (Å²) in [4.78, 5) is 21.6. The Labute approximate surface area is 144 Å². The third-order valence-corrected chi connectivity index (χ3v) is 4.81. The number of fused-ring (bicyclic) bond motifs is 1. The van der Waals surface area contributed by atoms with Gasteiger partial charge < -0.3 is 11.1 Å². The molecule has 124 valence electrons. The standard InChI is InChI=1S/C18H20N4OS/c1-10-4-5-15-14(8-10)16(11(2)12(3)21-15)17(23)20-7-6-13-9-24-18(19)22-13/h4-5,8-9H,6-7H2,1-3H3,(H2,19,22)(H,20,23). The van der Waals surface area contributed by atoms with Gasteiger partial charge in [0.05, 0.1) is 16.8 Å². The van der Waals surface area contributed by atoms with Gasteiger partial charge >= 0.3 is 0 Å². The molecule has 0 spiro atoms. The number of amides is 1. The average molecular weight is 340 g/mol. The minimum absolute atomic E-state index is 0.0724. The lowest BCUT2D eigenvalue weighted by molar-refractivity contribution is 0.0955. The Morgan fingerprint density at radius 3 is 2.75 bits per heavy atom. The van der Waals surface area contributed by atoms with E-state index in [9.17, 15) is 4.79 Å². The number of benzene rings is 1. The zero-order chi connectivity index (χ0) is 17.3. The Morgan fingerprint density at radius 2 is 2.04 bits per heavy atom. The summed E-state index contributed by atoms with van der Waals surface area (Å²) in [6, 6.07) is 6.00. The molecule has 24 heavy (non-hydrogen) atoms. The van der Waals surface area contributed by atoms with E-state index in [0.29, 0.717) is 23.7 Å². The number of hydrogen-bond donors (Lipinski definition) is 2. The molecule has 0 aliphatic rings. The van der Waals surface area contributed by atoms with Gasteiger partial charge in [-0.15, -0.1) is 11.3 Å². The van der Waals surface area contributed by atoms with Crippen molar-refractivity contribution in [3.8, 4) is 0 Å². The number of rotatable bonds is 4. The second kappa shape index (κ2) is 6.57. The number of hydrogen-bond acceptors (Lipinski definition) is 5. The molecule has 0 bridgehead atoms. The van der Waals surface area contributed by atoms with Gasteiger partial charge in [-0.3, -0.25) is 9.78 Å². The van der Waals surface area contributed by atoms with Gasteiger partial charge in [-0.2, -0.15) is 0 Å². The molecule has 0 fully saturated rings. The summed E-state index contributed by atoms with van der Waals surface area (Å²) in [5.41, 5.74) is 11.0. The lowest BCUT2D eigenvalue weighted by Crippen LogP contribution is -2.27. The zero-order valence-electron chi connectivity index (χ0n) is 14.0. The predicted molar refractivity (Wildman–Crippen MR) is 98.5 cm³/mol. The second-order valence-electron chi connectivity index (χ2n) is 5.90. The highest BCUT2D eigenvalue weighted by Gasteiger charge is 2.16. The van der Waals surface area contributed by atoms with Crippen LogP contribution in [0.2, 0.25) is 0 Å². The molecule has 0 atom stereocenters. The van der Waals surface area contributed by atoms with Crippen LogP contribution >= 0.6 is 11.3 Å². The van der Waals surface area contributed by atoms with E-state index in [1.807, 2.05) is 44.4 Å². The summed E-state index contributed by atoms with van der Waals surface area (Å²) in [5.74, 6) is -0.0724. The Kier molecular flexibility index (Phi) is 4.49. The first kappa shape index (κ1) is 16.4. The largest absolute Gasteiger partial charge is 0.375 e. The van der Waals surface area contributed by atoms with Crippen LogP contribution in [0.5, 0.6) is 0 Å². The molecule has 1 aromatic carbocycles. The first-order chi connectivity index (χ1) is 11.5. The van der Waals surface area contributed by atoms with Crippen molar-refractivity contribution < 1.29 is 4.79 Å². The summed E-state index contributed by atoms with van der Waals surface area (Å²) in [6.07, 6.45) is 0.666. The molecule has 2 aromatic heterocycles. The lowest BCUT2D eigenvalue weighted by Gasteiger charge is -2.13. The van der Waals surface area contributed by atoms with Gasteiger partial charge in [-0.1, -0.05) is 11.6 Å². The number of nitrogens with zero attached hydrogens (tertiary/aromatic N) is 2. The third-order valence-electron chi connectivity index (χ3n) is 4.09. The number of carbonyl (C=O) groups is 1. The van der Waals surface area contributed by atoms with Gasteiger partial charge in [0.2, 0.25) is 0 Å². The molecule has 3 rings (SSSR count). The van der Waals surface area contributed by atoms with Gasteiger partial charge in [0, 0.05) is 29.4 Å². The number of thiazole rings is 1. The van der Waals surface area contributed by atoms with Crippen molar-refractivity contribution >= 4 is 33.3 Å². The van der Waals surface area contributed by atoms with E-state index in [2.05, 4.69) is 15.3 Å². The fourth-order valence-corrected chi connectivity index (χ4v) is 3.31. The quantitative estimate of drug-likeness (QED) is 0.764. The van der Waals surface area contributed by atoms with E-state index < -0.39 is 0 Å². The van der Waals surface area contributed by atoms with Gasteiger partial charge in [0.1, 0.15) is 0 Å². The minimum atomic E-state index is -0.0724. The van der Waals surface area contributed by atoms with Crippen molar-refractivity contribution in [3.05, 3.63) is 51.7 Å². The van der Waals surface area contributed by atoms with E-state index in [0.717, 1.165) is 33.4 Å². The maximum Gasteiger partial charge on any atom is 0.252 e. The molecule has 1 amide bonds. The van der Waals surface area contributed by atoms with Crippen molar-refractivity contribution in [2.75, 3.05) is 12.3 Å². The number of aromatic nitrogens is 2. The van der Waals surface area contributed by atoms with Crippen molar-refractivity contribution in [1.82, 2.24) is 15.3 Å². The molecule has 0 saturated heterocycles. The van der Waals surface area contributed by atoms with Crippen LogP contribution in [0.15, 0.2) is 23.6 Å². The van der Waals surface area contributed by atoms with Crippen LogP contribution < -0.4 is 11.1 Å². The first-order valence-corrected chi connectivity index (χ1v) is 8.69. The van der Waals surface area contributed by atoms with Crippen molar-refractivity contribution in [1.29, 1.82) is 0 Å². The van der Waals surface area contributed by atoms with Crippen LogP contribution in [-0.4, -0.2) is 22.4 Å². The molecular formula is C18H20N4OS. The summed E-state index contributed by atoms with van der Waals surface area (Å²) in [5, 5.41) is 6.36. The zero-order valence-corrected chi connectivity index (χ0v) is 14.8. The smallest absolute Gasteiger partial charge is 0.252 e. The molecule has 0 unspecified atom stereocenters. The molecule has 0 aliphatic heterocycles. The molecule has 3 aromatic rings. The highest BCUT2D eigenvalue weighted by atomic mass is 32.1. The van der Waals surface area contributed by atoms with E-state index in [4.69, 9.17) is 5.73 Å². The molecule has 6 heteroatoms. The normalized spacial score (nSPS) is 11.0. The lowest BCUT2D eigenvalue weighted by atomic mass is 9.99. The van der Waals surface area contributed by atoms with Gasteiger partial charge in [0.15, 0.2) is 5.13 Å². The highest BCUT2D eigenvalue weighted by molar-refractivity contribution is 7.13. The van der Waals surface area contributed by atoms with E-state index in [-0.39, 0.29) is 5.91 Å². The van der Waals surface area contributed by atoms with Crippen LogP contribution in [0.1, 0.15) is 32.9 Å². The van der Waals surface area contributed by atoms with Crippen molar-refractivity contribution in [3.63, 3.8) is 0 Å². The Bertz CT molecular complexity index is 917. The number of pyridine rings is 1. The number of nitrogens with two attached hydrogens (primary N) is 1. The van der Waals surface area contributed by atoms with Crippen LogP contribution in [0.4, 0.5) is 5.13 Å². The van der Waals surface area contributed by atoms with Gasteiger partial charge in [-0.05, 0) is 38.5 Å². The molecule has 2 heterocycles. The Morgan fingerprint density at radius 1 is 1.25 bits per heavy atom. The third kappa shape index (κ3) is 3.23. The molecular weight excluding hydrogens is 320 g/mol. The van der Waals surface area contributed by atoms with Gasteiger partial charge in [0.25, 0.3) is 5.91 Å². The Balaban J connectivity index is 1.85. The Hall–Kier alpha value is -2.47. The van der Waals surface area contributed by atoms with Crippen LogP contribution in [0, 0.1) is 20.8 Å². The molecule has 0 saturated carbocycles. The number of carbonyl (C=O) groups excluding carboxylic acids is 1.